The van der Waals surface area contributed by atoms with Crippen LogP contribution in [0.15, 0.2) is 40.9 Å². The molecule has 0 amide bonds. The third-order valence-electron chi connectivity index (χ3n) is 2.83. The predicted molar refractivity (Wildman–Crippen MR) is 88.8 cm³/mol. The summed E-state index contributed by atoms with van der Waals surface area (Å²) in [7, 11) is 0. The van der Waals surface area contributed by atoms with Crippen LogP contribution in [0.1, 0.15) is 22.2 Å². The Morgan fingerprint density at radius 2 is 2.10 bits per heavy atom. The Bertz CT molecular complexity index is 661. The third-order valence-corrected chi connectivity index (χ3v) is 4.65. The average Bonchev–Trinajstić information content (AvgIpc) is 2.92. The first-order valence-electron chi connectivity index (χ1n) is 6.50. The van der Waals surface area contributed by atoms with E-state index in [1.54, 1.807) is 11.3 Å². The lowest BCUT2D eigenvalue weighted by atomic mass is 10.2. The SMILES string of the molecule is CCc1ccc(COc2c(Br)cccc2C=CC(=O)O)s1. The van der Waals surface area contributed by atoms with Crippen molar-refractivity contribution in [1.82, 2.24) is 0 Å². The maximum Gasteiger partial charge on any atom is 0.328 e. The van der Waals surface area contributed by atoms with Crippen LogP contribution in [0.25, 0.3) is 6.08 Å². The van der Waals surface area contributed by atoms with Gasteiger partial charge in [-0.3, -0.25) is 0 Å². The van der Waals surface area contributed by atoms with Crippen LogP contribution in [0.3, 0.4) is 0 Å². The number of halogens is 1. The Labute approximate surface area is 136 Å². The second-order valence-electron chi connectivity index (χ2n) is 4.34. The van der Waals surface area contributed by atoms with Gasteiger partial charge in [0, 0.05) is 21.4 Å². The summed E-state index contributed by atoms with van der Waals surface area (Å²) in [5, 5.41) is 8.74. The van der Waals surface area contributed by atoms with Crippen molar-refractivity contribution in [3.8, 4) is 5.75 Å². The van der Waals surface area contributed by atoms with Crippen LogP contribution < -0.4 is 4.74 Å². The van der Waals surface area contributed by atoms with Crippen LogP contribution in [-0.4, -0.2) is 11.1 Å². The van der Waals surface area contributed by atoms with Gasteiger partial charge in [0.2, 0.25) is 0 Å². The summed E-state index contributed by atoms with van der Waals surface area (Å²) in [5.41, 5.74) is 0.735. The van der Waals surface area contributed by atoms with Gasteiger partial charge in [-0.2, -0.15) is 0 Å². The van der Waals surface area contributed by atoms with Crippen LogP contribution in [0.5, 0.6) is 5.75 Å². The van der Waals surface area contributed by atoms with E-state index in [4.69, 9.17) is 9.84 Å². The number of carbonyl (C=O) groups is 1. The molecule has 5 heteroatoms. The molecule has 110 valence electrons. The largest absolute Gasteiger partial charge is 0.486 e. The van der Waals surface area contributed by atoms with Gasteiger partial charge >= 0.3 is 5.97 Å². The molecular weight excluding hydrogens is 352 g/mol. The fourth-order valence-electron chi connectivity index (χ4n) is 1.80. The van der Waals surface area contributed by atoms with Crippen LogP contribution in [0.4, 0.5) is 0 Å². The number of para-hydroxylation sites is 1. The number of hydrogen-bond acceptors (Lipinski definition) is 3. The summed E-state index contributed by atoms with van der Waals surface area (Å²) >= 11 is 5.17. The molecule has 2 rings (SSSR count). The molecule has 3 nitrogen and oxygen atoms in total. The highest BCUT2D eigenvalue weighted by atomic mass is 79.9. The number of carboxylic acid groups (broad SMARTS) is 1. The van der Waals surface area contributed by atoms with E-state index in [2.05, 4.69) is 35.0 Å². The van der Waals surface area contributed by atoms with Crippen molar-refractivity contribution < 1.29 is 14.6 Å². The second-order valence-corrected chi connectivity index (χ2v) is 6.45. The summed E-state index contributed by atoms with van der Waals surface area (Å²) in [4.78, 5) is 13.1. The first-order valence-corrected chi connectivity index (χ1v) is 8.11. The molecule has 1 aromatic carbocycles. The van der Waals surface area contributed by atoms with Gasteiger partial charge < -0.3 is 9.84 Å². The lowest BCUT2D eigenvalue weighted by Crippen LogP contribution is -1.96. The molecule has 1 heterocycles. The maximum absolute atomic E-state index is 10.6. The van der Waals surface area contributed by atoms with E-state index in [1.165, 1.54) is 11.0 Å². The highest BCUT2D eigenvalue weighted by molar-refractivity contribution is 9.10. The average molecular weight is 367 g/mol. The van der Waals surface area contributed by atoms with Gasteiger partial charge in [0.1, 0.15) is 12.4 Å². The molecular formula is C16H15BrO3S. The zero-order chi connectivity index (χ0) is 15.2. The zero-order valence-corrected chi connectivity index (χ0v) is 13.9. The van der Waals surface area contributed by atoms with Crippen LogP contribution >= 0.6 is 27.3 Å². The normalized spacial score (nSPS) is 11.0. The van der Waals surface area contributed by atoms with Crippen LogP contribution in [-0.2, 0) is 17.8 Å². The van der Waals surface area contributed by atoms with Gasteiger partial charge in [0.05, 0.1) is 4.47 Å². The summed E-state index contributed by atoms with van der Waals surface area (Å²) in [5.74, 6) is -0.326. The minimum absolute atomic E-state index is 0.473. The van der Waals surface area contributed by atoms with Gasteiger partial charge in [-0.25, -0.2) is 4.79 Å². The predicted octanol–water partition coefficient (Wildman–Crippen LogP) is 4.75. The summed E-state index contributed by atoms with van der Waals surface area (Å²) in [6.45, 7) is 2.60. The maximum atomic E-state index is 10.6. The Morgan fingerprint density at radius 3 is 2.76 bits per heavy atom. The molecule has 0 saturated carbocycles. The lowest BCUT2D eigenvalue weighted by molar-refractivity contribution is -0.131. The van der Waals surface area contributed by atoms with Crippen molar-refractivity contribution in [1.29, 1.82) is 0 Å². The van der Waals surface area contributed by atoms with E-state index in [9.17, 15) is 4.79 Å². The van der Waals surface area contributed by atoms with Crippen LogP contribution in [0, 0.1) is 0 Å². The van der Waals surface area contributed by atoms with E-state index < -0.39 is 5.97 Å². The Balaban J connectivity index is 2.16. The fourth-order valence-corrected chi connectivity index (χ4v) is 3.17. The second kappa shape index (κ2) is 7.43. The number of thiophene rings is 1. The van der Waals surface area contributed by atoms with Crippen molar-refractivity contribution in [2.24, 2.45) is 0 Å². The van der Waals surface area contributed by atoms with Gasteiger partial charge in [-0.05, 0) is 46.6 Å². The summed E-state index contributed by atoms with van der Waals surface area (Å²) in [6.07, 6.45) is 3.66. The van der Waals surface area contributed by atoms with Gasteiger partial charge in [-0.15, -0.1) is 11.3 Å². The molecule has 0 unspecified atom stereocenters. The number of hydrogen-bond donors (Lipinski definition) is 1. The van der Waals surface area contributed by atoms with E-state index in [0.29, 0.717) is 12.4 Å². The van der Waals surface area contributed by atoms with Gasteiger partial charge in [-0.1, -0.05) is 19.1 Å². The van der Waals surface area contributed by atoms with Crippen molar-refractivity contribution in [3.05, 3.63) is 56.2 Å². The molecule has 1 aromatic heterocycles. The minimum atomic E-state index is -0.980. The number of carboxylic acids is 1. The topological polar surface area (TPSA) is 46.5 Å². The molecule has 0 aliphatic rings. The molecule has 0 radical (unpaired) electrons. The lowest BCUT2D eigenvalue weighted by Gasteiger charge is -2.10. The highest BCUT2D eigenvalue weighted by Crippen LogP contribution is 2.31. The highest BCUT2D eigenvalue weighted by Gasteiger charge is 2.08. The monoisotopic (exact) mass is 366 g/mol. The van der Waals surface area contributed by atoms with Gasteiger partial charge in [0.25, 0.3) is 0 Å². The number of benzene rings is 1. The molecule has 0 saturated heterocycles. The van der Waals surface area contributed by atoms with Crippen molar-refractivity contribution in [3.63, 3.8) is 0 Å². The van der Waals surface area contributed by atoms with E-state index >= 15 is 0 Å². The molecule has 0 aliphatic carbocycles. The zero-order valence-electron chi connectivity index (χ0n) is 11.5. The Hall–Kier alpha value is -1.59. The molecule has 21 heavy (non-hydrogen) atoms. The summed E-state index contributed by atoms with van der Waals surface area (Å²) in [6, 6.07) is 9.71. The third kappa shape index (κ3) is 4.44. The molecule has 2 aromatic rings. The molecule has 0 fully saturated rings. The quantitative estimate of drug-likeness (QED) is 0.750. The Kier molecular flexibility index (Phi) is 5.59. The standard InChI is InChI=1S/C16H15BrO3S/c1-2-12-7-8-13(21-12)10-20-16-11(6-9-15(18)19)4-3-5-14(16)17/h3-9H,2,10H2,1H3,(H,18,19). The fraction of sp³-hybridized carbons (Fsp3) is 0.188. The minimum Gasteiger partial charge on any atom is -0.486 e. The molecule has 1 N–H and O–H groups in total. The summed E-state index contributed by atoms with van der Waals surface area (Å²) < 4.78 is 6.67. The van der Waals surface area contributed by atoms with Gasteiger partial charge in [0.15, 0.2) is 0 Å². The number of ether oxygens (including phenoxy) is 1. The van der Waals surface area contributed by atoms with E-state index in [-0.39, 0.29) is 0 Å². The van der Waals surface area contributed by atoms with Crippen molar-refractivity contribution in [2.75, 3.05) is 0 Å². The molecule has 0 spiro atoms. The van der Waals surface area contributed by atoms with E-state index in [1.807, 2.05) is 18.2 Å². The first kappa shape index (κ1) is 15.8. The smallest absolute Gasteiger partial charge is 0.328 e. The number of aryl methyl sites for hydroxylation is 1. The molecule has 0 aliphatic heterocycles. The molecule has 0 bridgehead atoms. The first-order chi connectivity index (χ1) is 10.1. The number of rotatable bonds is 6. The Morgan fingerprint density at radius 1 is 1.33 bits per heavy atom. The number of aliphatic carboxylic acids is 1. The van der Waals surface area contributed by atoms with E-state index in [0.717, 1.165) is 27.4 Å². The van der Waals surface area contributed by atoms with Crippen molar-refractivity contribution >= 4 is 39.3 Å². The van der Waals surface area contributed by atoms with Crippen molar-refractivity contribution in [2.45, 2.75) is 20.0 Å². The molecule has 0 atom stereocenters. The van der Waals surface area contributed by atoms with Crippen LogP contribution in [0.2, 0.25) is 0 Å².